The highest BCUT2D eigenvalue weighted by Crippen LogP contribution is 2.31. The molecule has 17 heavy (non-hydrogen) atoms. The molecule has 2 rings (SSSR count). The Hall–Kier alpha value is -1.09. The van der Waals surface area contributed by atoms with Crippen LogP contribution in [0, 0.1) is 11.8 Å². The summed E-state index contributed by atoms with van der Waals surface area (Å²) >= 11 is 0. The van der Waals surface area contributed by atoms with Gasteiger partial charge in [-0.3, -0.25) is 0 Å². The van der Waals surface area contributed by atoms with Gasteiger partial charge in [0.05, 0.1) is 13.2 Å². The van der Waals surface area contributed by atoms with E-state index in [9.17, 15) is 5.11 Å². The summed E-state index contributed by atoms with van der Waals surface area (Å²) in [7, 11) is 1.63. The van der Waals surface area contributed by atoms with E-state index in [4.69, 9.17) is 4.74 Å². The number of aliphatic hydroxyl groups excluding tert-OH is 1. The van der Waals surface area contributed by atoms with Crippen molar-refractivity contribution in [2.75, 3.05) is 7.11 Å². The minimum absolute atomic E-state index is 0.167. The SMILES string of the molecule is COc1cccc(CC2CC(C)CCC2O)n1. The summed E-state index contributed by atoms with van der Waals surface area (Å²) in [6.45, 7) is 2.26. The van der Waals surface area contributed by atoms with E-state index in [1.807, 2.05) is 18.2 Å². The Bertz CT molecular complexity index is 367. The molecule has 1 aromatic rings. The van der Waals surface area contributed by atoms with Gasteiger partial charge in [-0.2, -0.15) is 0 Å². The van der Waals surface area contributed by atoms with Gasteiger partial charge in [0.2, 0.25) is 5.88 Å². The largest absolute Gasteiger partial charge is 0.481 e. The molecule has 1 fully saturated rings. The molecule has 1 N–H and O–H groups in total. The zero-order valence-electron chi connectivity index (χ0n) is 10.6. The van der Waals surface area contributed by atoms with Crippen LogP contribution >= 0.6 is 0 Å². The molecule has 0 spiro atoms. The maximum Gasteiger partial charge on any atom is 0.213 e. The lowest BCUT2D eigenvalue weighted by atomic mass is 9.78. The Labute approximate surface area is 103 Å². The average Bonchev–Trinajstić information content (AvgIpc) is 2.34. The van der Waals surface area contributed by atoms with Gasteiger partial charge >= 0.3 is 0 Å². The van der Waals surface area contributed by atoms with Crippen molar-refractivity contribution >= 4 is 0 Å². The van der Waals surface area contributed by atoms with E-state index in [1.54, 1.807) is 7.11 Å². The van der Waals surface area contributed by atoms with Gasteiger partial charge in [-0.15, -0.1) is 0 Å². The highest BCUT2D eigenvalue weighted by molar-refractivity contribution is 5.16. The van der Waals surface area contributed by atoms with E-state index in [0.717, 1.165) is 31.4 Å². The lowest BCUT2D eigenvalue weighted by Gasteiger charge is -2.31. The highest BCUT2D eigenvalue weighted by atomic mass is 16.5. The van der Waals surface area contributed by atoms with Gasteiger partial charge in [0.1, 0.15) is 0 Å². The minimum atomic E-state index is -0.167. The fraction of sp³-hybridized carbons (Fsp3) is 0.643. The zero-order valence-corrected chi connectivity index (χ0v) is 10.6. The van der Waals surface area contributed by atoms with Gasteiger partial charge in [0, 0.05) is 11.8 Å². The Morgan fingerprint density at radius 3 is 3.00 bits per heavy atom. The molecule has 1 aliphatic carbocycles. The molecular formula is C14H21NO2. The summed E-state index contributed by atoms with van der Waals surface area (Å²) in [5.74, 6) is 1.72. The topological polar surface area (TPSA) is 42.4 Å². The van der Waals surface area contributed by atoms with Crippen molar-refractivity contribution in [3.63, 3.8) is 0 Å². The molecular weight excluding hydrogens is 214 g/mol. The van der Waals surface area contributed by atoms with Crippen LogP contribution in [-0.4, -0.2) is 23.3 Å². The molecule has 3 unspecified atom stereocenters. The van der Waals surface area contributed by atoms with E-state index in [2.05, 4.69) is 11.9 Å². The molecule has 3 atom stereocenters. The first-order chi connectivity index (χ1) is 8.19. The fourth-order valence-corrected chi connectivity index (χ4v) is 2.66. The minimum Gasteiger partial charge on any atom is -0.481 e. The van der Waals surface area contributed by atoms with Crippen LogP contribution in [0.5, 0.6) is 5.88 Å². The first-order valence-electron chi connectivity index (χ1n) is 6.37. The molecule has 0 aliphatic heterocycles. The van der Waals surface area contributed by atoms with Crippen molar-refractivity contribution in [1.82, 2.24) is 4.98 Å². The molecule has 1 aromatic heterocycles. The van der Waals surface area contributed by atoms with Crippen LogP contribution < -0.4 is 4.74 Å². The van der Waals surface area contributed by atoms with Crippen molar-refractivity contribution < 1.29 is 9.84 Å². The maximum absolute atomic E-state index is 10.0. The second kappa shape index (κ2) is 5.50. The molecule has 0 bridgehead atoms. The van der Waals surface area contributed by atoms with Gasteiger partial charge < -0.3 is 9.84 Å². The van der Waals surface area contributed by atoms with Crippen molar-refractivity contribution in [1.29, 1.82) is 0 Å². The van der Waals surface area contributed by atoms with E-state index in [0.29, 0.717) is 17.7 Å². The standard InChI is InChI=1S/C14H21NO2/c1-10-6-7-13(16)11(8-10)9-12-4-3-5-14(15-12)17-2/h3-5,10-11,13,16H,6-9H2,1-2H3. The lowest BCUT2D eigenvalue weighted by Crippen LogP contribution is -2.29. The number of hydrogen-bond acceptors (Lipinski definition) is 3. The summed E-state index contributed by atoms with van der Waals surface area (Å²) in [4.78, 5) is 4.41. The van der Waals surface area contributed by atoms with E-state index in [-0.39, 0.29) is 6.10 Å². The van der Waals surface area contributed by atoms with Crippen LogP contribution in [0.25, 0.3) is 0 Å². The van der Waals surface area contributed by atoms with Crippen molar-refractivity contribution in [2.24, 2.45) is 11.8 Å². The van der Waals surface area contributed by atoms with Crippen LogP contribution in [0.15, 0.2) is 18.2 Å². The zero-order chi connectivity index (χ0) is 12.3. The van der Waals surface area contributed by atoms with Crippen LogP contribution in [0.1, 0.15) is 31.9 Å². The monoisotopic (exact) mass is 235 g/mol. The Kier molecular flexibility index (Phi) is 4.00. The summed E-state index contributed by atoms with van der Waals surface area (Å²) in [6, 6.07) is 5.82. The highest BCUT2D eigenvalue weighted by Gasteiger charge is 2.27. The number of hydrogen-bond donors (Lipinski definition) is 1. The number of pyridine rings is 1. The second-order valence-corrected chi connectivity index (χ2v) is 5.12. The van der Waals surface area contributed by atoms with E-state index in [1.165, 1.54) is 0 Å². The lowest BCUT2D eigenvalue weighted by molar-refractivity contribution is 0.0514. The molecule has 0 saturated heterocycles. The fourth-order valence-electron chi connectivity index (χ4n) is 2.66. The molecule has 3 nitrogen and oxygen atoms in total. The number of aliphatic hydroxyl groups is 1. The number of aromatic nitrogens is 1. The first kappa shape index (κ1) is 12.4. The first-order valence-corrected chi connectivity index (χ1v) is 6.37. The van der Waals surface area contributed by atoms with Crippen LogP contribution in [0.4, 0.5) is 0 Å². The molecule has 0 aromatic carbocycles. The smallest absolute Gasteiger partial charge is 0.213 e. The number of rotatable bonds is 3. The summed E-state index contributed by atoms with van der Waals surface area (Å²) in [6.07, 6.45) is 3.85. The Morgan fingerprint density at radius 2 is 2.24 bits per heavy atom. The van der Waals surface area contributed by atoms with Crippen LogP contribution in [0.2, 0.25) is 0 Å². The molecule has 3 heteroatoms. The van der Waals surface area contributed by atoms with Crippen molar-refractivity contribution in [2.45, 2.75) is 38.7 Å². The molecule has 1 aliphatic rings. The molecule has 0 radical (unpaired) electrons. The van der Waals surface area contributed by atoms with Gasteiger partial charge in [0.15, 0.2) is 0 Å². The third-order valence-electron chi connectivity index (χ3n) is 3.67. The van der Waals surface area contributed by atoms with Crippen molar-refractivity contribution in [3.8, 4) is 5.88 Å². The molecule has 0 amide bonds. The normalized spacial score (nSPS) is 29.0. The summed E-state index contributed by atoms with van der Waals surface area (Å²) < 4.78 is 5.12. The third-order valence-corrected chi connectivity index (χ3v) is 3.67. The van der Waals surface area contributed by atoms with Gasteiger partial charge in [0.25, 0.3) is 0 Å². The van der Waals surface area contributed by atoms with E-state index >= 15 is 0 Å². The molecule has 1 saturated carbocycles. The molecule has 94 valence electrons. The Morgan fingerprint density at radius 1 is 1.41 bits per heavy atom. The molecule has 1 heterocycles. The van der Waals surface area contributed by atoms with Crippen LogP contribution in [-0.2, 0) is 6.42 Å². The summed E-state index contributed by atoms with van der Waals surface area (Å²) in [5, 5.41) is 10.0. The third kappa shape index (κ3) is 3.19. The van der Waals surface area contributed by atoms with Crippen molar-refractivity contribution in [3.05, 3.63) is 23.9 Å². The van der Waals surface area contributed by atoms with Gasteiger partial charge in [-0.1, -0.05) is 13.0 Å². The number of nitrogens with zero attached hydrogens (tertiary/aromatic N) is 1. The van der Waals surface area contributed by atoms with Gasteiger partial charge in [-0.05, 0) is 43.6 Å². The predicted molar refractivity (Wildman–Crippen MR) is 67.0 cm³/mol. The number of methoxy groups -OCH3 is 1. The number of ether oxygens (including phenoxy) is 1. The quantitative estimate of drug-likeness (QED) is 0.875. The Balaban J connectivity index is 2.03. The second-order valence-electron chi connectivity index (χ2n) is 5.12. The predicted octanol–water partition coefficient (Wildman–Crippen LogP) is 2.43. The van der Waals surface area contributed by atoms with Crippen LogP contribution in [0.3, 0.4) is 0 Å². The van der Waals surface area contributed by atoms with Gasteiger partial charge in [-0.25, -0.2) is 4.98 Å². The maximum atomic E-state index is 10.0. The average molecular weight is 235 g/mol. The summed E-state index contributed by atoms with van der Waals surface area (Å²) in [5.41, 5.74) is 1.02. The van der Waals surface area contributed by atoms with E-state index < -0.39 is 0 Å².